The van der Waals surface area contributed by atoms with E-state index in [-0.39, 0.29) is 0 Å². The second-order valence-corrected chi connectivity index (χ2v) is 5.05. The highest BCUT2D eigenvalue weighted by atomic mass is 32.1. The lowest BCUT2D eigenvalue weighted by Crippen LogP contribution is -1.91. The van der Waals surface area contributed by atoms with Crippen molar-refractivity contribution in [1.82, 2.24) is 15.0 Å². The largest absolute Gasteiger partial charge is 0.497 e. The first-order valence-electron chi connectivity index (χ1n) is 6.26. The van der Waals surface area contributed by atoms with Crippen molar-refractivity contribution in [2.75, 3.05) is 14.2 Å². The molecule has 1 aromatic carbocycles. The van der Waals surface area contributed by atoms with Crippen molar-refractivity contribution in [3.63, 3.8) is 0 Å². The molecule has 0 amide bonds. The lowest BCUT2D eigenvalue weighted by Gasteiger charge is -2.08. The minimum absolute atomic E-state index is 0.756. The first-order valence-corrected chi connectivity index (χ1v) is 7.14. The zero-order chi connectivity index (χ0) is 14.7. The molecule has 0 atom stereocenters. The van der Waals surface area contributed by atoms with Crippen molar-refractivity contribution >= 4 is 11.3 Å². The highest BCUT2D eigenvalue weighted by Crippen LogP contribution is 2.35. The Balaban J connectivity index is 2.04. The van der Waals surface area contributed by atoms with Gasteiger partial charge in [-0.2, -0.15) is 0 Å². The first kappa shape index (κ1) is 13.5. The average molecular weight is 299 g/mol. The number of hydrogen-bond donors (Lipinski definition) is 0. The van der Waals surface area contributed by atoms with E-state index < -0.39 is 0 Å². The number of nitrogens with zero attached hydrogens (tertiary/aromatic N) is 3. The standard InChI is InChI=1S/C15H13N3O2S/c1-19-10-3-4-14(20-2)11(7-10)13-9-21-15(18-13)12-8-16-5-6-17-12/h3-9H,1-2H3. The van der Waals surface area contributed by atoms with E-state index in [1.165, 1.54) is 11.3 Å². The molecular weight excluding hydrogens is 286 g/mol. The van der Waals surface area contributed by atoms with E-state index in [0.717, 1.165) is 33.5 Å². The van der Waals surface area contributed by atoms with E-state index >= 15 is 0 Å². The van der Waals surface area contributed by atoms with Crippen LogP contribution < -0.4 is 9.47 Å². The third kappa shape index (κ3) is 2.71. The average Bonchev–Trinajstić information content (AvgIpc) is 3.05. The van der Waals surface area contributed by atoms with Crippen LogP contribution in [0.1, 0.15) is 0 Å². The molecule has 2 heterocycles. The summed E-state index contributed by atoms with van der Waals surface area (Å²) in [4.78, 5) is 12.9. The molecule has 0 spiro atoms. The van der Waals surface area contributed by atoms with E-state index in [1.807, 2.05) is 23.6 Å². The molecule has 0 aliphatic rings. The molecule has 0 radical (unpaired) electrons. The van der Waals surface area contributed by atoms with Crippen LogP contribution in [0.3, 0.4) is 0 Å². The highest BCUT2D eigenvalue weighted by molar-refractivity contribution is 7.13. The van der Waals surface area contributed by atoms with Crippen LogP contribution in [0.25, 0.3) is 22.0 Å². The van der Waals surface area contributed by atoms with Crippen LogP contribution in [0.2, 0.25) is 0 Å². The summed E-state index contributed by atoms with van der Waals surface area (Å²) < 4.78 is 10.7. The normalized spacial score (nSPS) is 10.4. The highest BCUT2D eigenvalue weighted by Gasteiger charge is 2.13. The summed E-state index contributed by atoms with van der Waals surface area (Å²) in [5.74, 6) is 1.52. The van der Waals surface area contributed by atoms with Gasteiger partial charge in [-0.25, -0.2) is 4.98 Å². The number of benzene rings is 1. The molecule has 0 fully saturated rings. The molecular formula is C15H13N3O2S. The molecule has 0 aliphatic carbocycles. The van der Waals surface area contributed by atoms with Gasteiger partial charge in [0.1, 0.15) is 22.2 Å². The Morgan fingerprint density at radius 1 is 1.05 bits per heavy atom. The summed E-state index contributed by atoms with van der Waals surface area (Å²) in [7, 11) is 3.28. The first-order chi connectivity index (χ1) is 10.3. The molecule has 0 saturated heterocycles. The van der Waals surface area contributed by atoms with E-state index in [2.05, 4.69) is 15.0 Å². The topological polar surface area (TPSA) is 57.1 Å². The van der Waals surface area contributed by atoms with Crippen LogP contribution in [-0.4, -0.2) is 29.2 Å². The van der Waals surface area contributed by atoms with Gasteiger partial charge in [0.2, 0.25) is 0 Å². The molecule has 0 aliphatic heterocycles. The fourth-order valence-electron chi connectivity index (χ4n) is 1.94. The van der Waals surface area contributed by atoms with Gasteiger partial charge < -0.3 is 9.47 Å². The number of hydrogen-bond acceptors (Lipinski definition) is 6. The van der Waals surface area contributed by atoms with Gasteiger partial charge in [0.05, 0.1) is 26.1 Å². The number of ether oxygens (including phenoxy) is 2. The van der Waals surface area contributed by atoms with Gasteiger partial charge in [0, 0.05) is 23.3 Å². The van der Waals surface area contributed by atoms with Gasteiger partial charge in [-0.3, -0.25) is 9.97 Å². The van der Waals surface area contributed by atoms with Crippen molar-refractivity contribution in [3.05, 3.63) is 42.2 Å². The summed E-state index contributed by atoms with van der Waals surface area (Å²) in [6.45, 7) is 0. The van der Waals surface area contributed by atoms with Crippen molar-refractivity contribution in [3.8, 4) is 33.5 Å². The minimum Gasteiger partial charge on any atom is -0.497 e. The number of rotatable bonds is 4. The van der Waals surface area contributed by atoms with Gasteiger partial charge in [-0.15, -0.1) is 11.3 Å². The van der Waals surface area contributed by atoms with Gasteiger partial charge in [0.25, 0.3) is 0 Å². The maximum Gasteiger partial charge on any atom is 0.144 e. The zero-order valence-electron chi connectivity index (χ0n) is 11.6. The maximum absolute atomic E-state index is 5.40. The van der Waals surface area contributed by atoms with E-state index in [1.54, 1.807) is 32.8 Å². The summed E-state index contributed by atoms with van der Waals surface area (Å²) in [5, 5.41) is 2.80. The van der Waals surface area contributed by atoms with Crippen LogP contribution in [0.15, 0.2) is 42.2 Å². The van der Waals surface area contributed by atoms with Crippen LogP contribution in [-0.2, 0) is 0 Å². The molecule has 0 bridgehead atoms. The van der Waals surface area contributed by atoms with E-state index in [4.69, 9.17) is 9.47 Å². The lowest BCUT2D eigenvalue weighted by atomic mass is 10.1. The Morgan fingerprint density at radius 2 is 1.95 bits per heavy atom. The predicted molar refractivity (Wildman–Crippen MR) is 81.7 cm³/mol. The Labute approximate surface area is 126 Å². The fraction of sp³-hybridized carbons (Fsp3) is 0.133. The van der Waals surface area contributed by atoms with Crippen molar-refractivity contribution < 1.29 is 9.47 Å². The van der Waals surface area contributed by atoms with Crippen molar-refractivity contribution in [2.24, 2.45) is 0 Å². The summed E-state index contributed by atoms with van der Waals surface area (Å²) >= 11 is 1.52. The lowest BCUT2D eigenvalue weighted by molar-refractivity contribution is 0.404. The molecule has 21 heavy (non-hydrogen) atoms. The molecule has 0 unspecified atom stereocenters. The predicted octanol–water partition coefficient (Wildman–Crippen LogP) is 3.28. The number of aromatic nitrogens is 3. The Hall–Kier alpha value is -2.47. The molecule has 0 saturated carbocycles. The van der Waals surface area contributed by atoms with Crippen LogP contribution in [0, 0.1) is 0 Å². The van der Waals surface area contributed by atoms with Crippen LogP contribution in [0.5, 0.6) is 11.5 Å². The van der Waals surface area contributed by atoms with Crippen LogP contribution >= 0.6 is 11.3 Å². The second-order valence-electron chi connectivity index (χ2n) is 4.19. The molecule has 6 heteroatoms. The third-order valence-electron chi connectivity index (χ3n) is 2.97. The number of methoxy groups -OCH3 is 2. The molecule has 3 aromatic rings. The quantitative estimate of drug-likeness (QED) is 0.740. The van der Waals surface area contributed by atoms with Gasteiger partial charge >= 0.3 is 0 Å². The fourth-order valence-corrected chi connectivity index (χ4v) is 2.72. The Bertz CT molecular complexity index is 744. The molecule has 3 rings (SSSR count). The Kier molecular flexibility index (Phi) is 3.79. The SMILES string of the molecule is COc1ccc(OC)c(-c2csc(-c3cnccn3)n2)c1. The molecule has 106 valence electrons. The maximum atomic E-state index is 5.40. The van der Waals surface area contributed by atoms with E-state index in [0.29, 0.717) is 0 Å². The third-order valence-corrected chi connectivity index (χ3v) is 3.83. The van der Waals surface area contributed by atoms with Crippen molar-refractivity contribution in [2.45, 2.75) is 0 Å². The van der Waals surface area contributed by atoms with Gasteiger partial charge in [-0.1, -0.05) is 0 Å². The summed E-state index contributed by atoms with van der Waals surface area (Å²) in [6.07, 6.45) is 5.00. The van der Waals surface area contributed by atoms with Crippen LogP contribution in [0.4, 0.5) is 0 Å². The van der Waals surface area contributed by atoms with Gasteiger partial charge in [0.15, 0.2) is 0 Å². The number of thiazole rings is 1. The monoisotopic (exact) mass is 299 g/mol. The minimum atomic E-state index is 0.756. The molecule has 0 N–H and O–H groups in total. The summed E-state index contributed by atoms with van der Waals surface area (Å²) in [6, 6.07) is 5.64. The van der Waals surface area contributed by atoms with Crippen molar-refractivity contribution in [1.29, 1.82) is 0 Å². The molecule has 2 aromatic heterocycles. The van der Waals surface area contributed by atoms with E-state index in [9.17, 15) is 0 Å². The second kappa shape index (κ2) is 5.88. The van der Waals surface area contributed by atoms with Gasteiger partial charge in [-0.05, 0) is 18.2 Å². The molecule has 5 nitrogen and oxygen atoms in total. The Morgan fingerprint density at radius 3 is 2.67 bits per heavy atom. The zero-order valence-corrected chi connectivity index (χ0v) is 12.4. The summed E-state index contributed by atoms with van der Waals surface area (Å²) in [5.41, 5.74) is 2.48. The smallest absolute Gasteiger partial charge is 0.144 e.